The monoisotopic (exact) mass is 148 g/mol. The molecule has 0 aromatic carbocycles. The first-order chi connectivity index (χ1) is 4.81. The third-order valence-electron chi connectivity index (χ3n) is 0.707. The molecule has 59 valence electrons. The lowest BCUT2D eigenvalue weighted by molar-refractivity contribution is -0.139. The molecule has 0 atom stereocenters. The van der Waals surface area contributed by atoms with Crippen molar-refractivity contribution in [2.24, 2.45) is 0 Å². The Morgan fingerprint density at radius 3 is 2.70 bits per heavy atom. The van der Waals surface area contributed by atoms with Gasteiger partial charge in [-0.3, -0.25) is 9.63 Å². The maximum Gasteiger partial charge on any atom is 0.272 e. The van der Waals surface area contributed by atoms with E-state index in [1.165, 1.54) is 7.11 Å². The van der Waals surface area contributed by atoms with Crippen LogP contribution in [-0.2, 0) is 19.5 Å². The molecule has 1 radical (unpaired) electrons. The van der Waals surface area contributed by atoms with E-state index in [-0.39, 0.29) is 6.61 Å². The van der Waals surface area contributed by atoms with Crippen molar-refractivity contribution >= 4 is 5.91 Å². The summed E-state index contributed by atoms with van der Waals surface area (Å²) in [5.41, 5.74) is 1.94. The molecule has 0 aliphatic carbocycles. The minimum atomic E-state index is -0.813. The predicted molar refractivity (Wildman–Crippen MR) is 31.5 cm³/mol. The summed E-state index contributed by atoms with van der Waals surface area (Å²) in [5.74, 6) is -0.670. The normalized spacial score (nSPS) is 9.40. The Kier molecular flexibility index (Phi) is 6.05. The van der Waals surface area contributed by atoms with Crippen LogP contribution in [0, 0.1) is 0 Å². The van der Waals surface area contributed by atoms with Crippen molar-refractivity contribution < 1.29 is 19.5 Å². The lowest BCUT2D eigenvalue weighted by atomic mass is 10.7. The number of hydrogen-bond donors (Lipinski definition) is 1. The zero-order valence-corrected chi connectivity index (χ0v) is 5.75. The van der Waals surface area contributed by atoms with Crippen molar-refractivity contribution in [1.29, 1.82) is 0 Å². The smallest absolute Gasteiger partial charge is 0.272 e. The Balaban J connectivity index is 2.96. The van der Waals surface area contributed by atoms with Crippen LogP contribution in [0.15, 0.2) is 0 Å². The zero-order chi connectivity index (χ0) is 7.82. The van der Waals surface area contributed by atoms with Gasteiger partial charge >= 0.3 is 0 Å². The Morgan fingerprint density at radius 2 is 2.20 bits per heavy atom. The summed E-state index contributed by atoms with van der Waals surface area (Å²) >= 11 is 0. The molecule has 0 aliphatic heterocycles. The summed E-state index contributed by atoms with van der Waals surface area (Å²) in [6.45, 7) is -0.172. The lowest BCUT2D eigenvalue weighted by Gasteiger charge is -2.01. The molecule has 0 bridgehead atoms. The van der Waals surface area contributed by atoms with Crippen LogP contribution in [0.1, 0.15) is 0 Å². The van der Waals surface area contributed by atoms with Crippen LogP contribution >= 0.6 is 0 Å². The molecule has 0 saturated carbocycles. The van der Waals surface area contributed by atoms with Crippen LogP contribution < -0.4 is 5.48 Å². The standard InChI is InChI=1S/C5H10NO4/c1-9-2-3-10-6-5(8)4-7/h2-4H2,1H3,(H,6,8). The first-order valence-corrected chi connectivity index (χ1v) is 2.79. The van der Waals surface area contributed by atoms with Crippen LogP contribution in [0.2, 0.25) is 0 Å². The van der Waals surface area contributed by atoms with Gasteiger partial charge in [0.1, 0.15) is 0 Å². The number of ether oxygens (including phenoxy) is 1. The summed E-state index contributed by atoms with van der Waals surface area (Å²) < 4.78 is 4.60. The molecule has 0 rings (SSSR count). The summed E-state index contributed by atoms with van der Waals surface area (Å²) in [5, 5.41) is 9.77. The molecule has 5 heteroatoms. The molecule has 0 aromatic rings. The molecule has 10 heavy (non-hydrogen) atoms. The molecule has 0 aliphatic rings. The number of carbonyl (C=O) groups is 1. The second-order valence-corrected chi connectivity index (χ2v) is 1.51. The first-order valence-electron chi connectivity index (χ1n) is 2.79. The highest BCUT2D eigenvalue weighted by Crippen LogP contribution is 1.70. The van der Waals surface area contributed by atoms with Gasteiger partial charge in [0.05, 0.1) is 13.2 Å². The Hall–Kier alpha value is -0.650. The Labute approximate surface area is 58.9 Å². The fourth-order valence-corrected chi connectivity index (χ4v) is 0.286. The van der Waals surface area contributed by atoms with Gasteiger partial charge in [-0.05, 0) is 0 Å². The number of rotatable bonds is 5. The van der Waals surface area contributed by atoms with Gasteiger partial charge in [-0.15, -0.1) is 0 Å². The van der Waals surface area contributed by atoms with Crippen LogP contribution in [-0.4, -0.2) is 32.8 Å². The number of methoxy groups -OCH3 is 1. The van der Waals surface area contributed by atoms with E-state index < -0.39 is 12.5 Å². The number of amides is 1. The maximum absolute atomic E-state index is 10.2. The van der Waals surface area contributed by atoms with E-state index in [2.05, 4.69) is 9.57 Å². The van der Waals surface area contributed by atoms with E-state index in [9.17, 15) is 9.90 Å². The van der Waals surface area contributed by atoms with E-state index in [0.29, 0.717) is 6.61 Å². The molecule has 0 saturated heterocycles. The van der Waals surface area contributed by atoms with Crippen molar-refractivity contribution in [1.82, 2.24) is 5.48 Å². The second-order valence-electron chi connectivity index (χ2n) is 1.51. The van der Waals surface area contributed by atoms with Crippen LogP contribution in [0.5, 0.6) is 0 Å². The topological polar surface area (TPSA) is 67.5 Å². The van der Waals surface area contributed by atoms with Crippen LogP contribution in [0.3, 0.4) is 0 Å². The Morgan fingerprint density at radius 1 is 1.50 bits per heavy atom. The summed E-state index contributed by atoms with van der Waals surface area (Å²) in [7, 11) is 1.51. The molecule has 0 fully saturated rings. The highest BCUT2D eigenvalue weighted by molar-refractivity contribution is 5.75. The van der Waals surface area contributed by atoms with Crippen molar-refractivity contribution in [3.05, 3.63) is 0 Å². The number of nitrogens with one attached hydrogen (secondary N) is 1. The van der Waals surface area contributed by atoms with Crippen molar-refractivity contribution in [3.8, 4) is 0 Å². The largest absolute Gasteiger partial charge is 0.382 e. The van der Waals surface area contributed by atoms with Gasteiger partial charge in [0.25, 0.3) is 5.91 Å². The quantitative estimate of drug-likeness (QED) is 0.406. The Bertz CT molecular complexity index is 95.6. The highest BCUT2D eigenvalue weighted by atomic mass is 16.7. The molecular weight excluding hydrogens is 138 g/mol. The zero-order valence-electron chi connectivity index (χ0n) is 5.75. The van der Waals surface area contributed by atoms with Crippen molar-refractivity contribution in [2.75, 3.05) is 26.9 Å². The van der Waals surface area contributed by atoms with Gasteiger partial charge < -0.3 is 4.74 Å². The van der Waals surface area contributed by atoms with Gasteiger partial charge in [-0.25, -0.2) is 10.6 Å². The number of hydroxylamine groups is 1. The summed E-state index contributed by atoms with van der Waals surface area (Å²) in [6, 6.07) is 0. The molecule has 1 N–H and O–H groups in total. The minimum Gasteiger partial charge on any atom is -0.382 e. The lowest BCUT2D eigenvalue weighted by Crippen LogP contribution is -2.27. The van der Waals surface area contributed by atoms with Crippen LogP contribution in [0.4, 0.5) is 0 Å². The second kappa shape index (κ2) is 6.47. The molecule has 0 aromatic heterocycles. The van der Waals surface area contributed by atoms with E-state index in [1.807, 2.05) is 5.48 Å². The van der Waals surface area contributed by atoms with Crippen LogP contribution in [0.25, 0.3) is 0 Å². The molecule has 0 spiro atoms. The SMILES string of the molecule is COCCONC(=O)C[O]. The van der Waals surface area contributed by atoms with E-state index in [1.54, 1.807) is 0 Å². The van der Waals surface area contributed by atoms with Gasteiger partial charge in [0.15, 0.2) is 6.61 Å². The molecule has 5 nitrogen and oxygen atoms in total. The average Bonchev–Trinajstić information content (AvgIpc) is 1.98. The van der Waals surface area contributed by atoms with Crippen molar-refractivity contribution in [3.63, 3.8) is 0 Å². The van der Waals surface area contributed by atoms with Gasteiger partial charge in [-0.2, -0.15) is 0 Å². The van der Waals surface area contributed by atoms with E-state index in [0.717, 1.165) is 0 Å². The third-order valence-corrected chi connectivity index (χ3v) is 0.707. The average molecular weight is 148 g/mol. The number of carbonyl (C=O) groups excluding carboxylic acids is 1. The van der Waals surface area contributed by atoms with Gasteiger partial charge in [0, 0.05) is 7.11 Å². The fraction of sp³-hybridized carbons (Fsp3) is 0.800. The van der Waals surface area contributed by atoms with Gasteiger partial charge in [0.2, 0.25) is 0 Å². The molecule has 0 unspecified atom stereocenters. The molecule has 0 heterocycles. The first kappa shape index (κ1) is 9.35. The van der Waals surface area contributed by atoms with E-state index >= 15 is 0 Å². The van der Waals surface area contributed by atoms with Crippen molar-refractivity contribution in [2.45, 2.75) is 0 Å². The van der Waals surface area contributed by atoms with Gasteiger partial charge in [-0.1, -0.05) is 0 Å². The number of hydrogen-bond acceptors (Lipinski definition) is 3. The predicted octanol–water partition coefficient (Wildman–Crippen LogP) is -0.889. The maximum atomic E-state index is 10.2. The summed E-state index contributed by atoms with van der Waals surface area (Å²) in [4.78, 5) is 14.7. The highest BCUT2D eigenvalue weighted by Gasteiger charge is 1.96. The minimum absolute atomic E-state index is 0.252. The van der Waals surface area contributed by atoms with E-state index in [4.69, 9.17) is 0 Å². The molecular formula is C5H10NO4. The molecule has 1 amide bonds. The summed E-state index contributed by atoms with van der Waals surface area (Å²) in [6.07, 6.45) is 0. The fourth-order valence-electron chi connectivity index (χ4n) is 0.286. The third kappa shape index (κ3) is 5.49.